The average Bonchev–Trinajstić information content (AvgIpc) is 2.35. The third kappa shape index (κ3) is 4.60. The number of hydrogen-bond donors (Lipinski definition) is 0. The van der Waals surface area contributed by atoms with Crippen LogP contribution in [0.4, 0.5) is 0 Å². The van der Waals surface area contributed by atoms with E-state index in [1.54, 1.807) is 0 Å². The highest BCUT2D eigenvalue weighted by Gasteiger charge is 2.27. The van der Waals surface area contributed by atoms with E-state index in [1.165, 1.54) is 13.0 Å². The number of piperidine rings is 1. The maximum absolute atomic E-state index is 12.2. The maximum Gasteiger partial charge on any atom is 0.225 e. The lowest BCUT2D eigenvalue weighted by Crippen LogP contribution is -2.43. The smallest absolute Gasteiger partial charge is 0.225 e. The molecule has 0 aliphatic carbocycles. The van der Waals surface area contributed by atoms with Crippen molar-refractivity contribution in [3.63, 3.8) is 0 Å². The number of carbonyl (C=O) groups excluding carboxylic acids is 1. The minimum absolute atomic E-state index is 0.257. The number of rotatable bonds is 5. The van der Waals surface area contributed by atoms with Crippen molar-refractivity contribution >= 4 is 5.91 Å². The molecular formula is C15H30N2O. The predicted octanol–water partition coefficient (Wildman–Crippen LogP) is 2.61. The number of likely N-dealkylation sites (tertiary alicyclic amines) is 1. The highest BCUT2D eigenvalue weighted by Crippen LogP contribution is 2.20. The van der Waals surface area contributed by atoms with Crippen molar-refractivity contribution in [1.82, 2.24) is 9.80 Å². The summed E-state index contributed by atoms with van der Waals surface area (Å²) in [6.45, 7) is 12.1. The quantitative estimate of drug-likeness (QED) is 0.753. The standard InChI is InChI=1S/C15H30N2O/c1-12(2)6-9-17-10-7-14(8-11-17)15(18)16(5)13(3)4/h12-14H,6-11H2,1-5H3. The molecular weight excluding hydrogens is 224 g/mol. The lowest BCUT2D eigenvalue weighted by molar-refractivity contribution is -0.137. The predicted molar refractivity (Wildman–Crippen MR) is 76.5 cm³/mol. The zero-order valence-electron chi connectivity index (χ0n) is 12.8. The molecule has 1 fully saturated rings. The van der Waals surface area contributed by atoms with Crippen LogP contribution in [0.25, 0.3) is 0 Å². The Hall–Kier alpha value is -0.570. The van der Waals surface area contributed by atoms with Crippen molar-refractivity contribution in [2.24, 2.45) is 11.8 Å². The van der Waals surface area contributed by atoms with Crippen LogP contribution in [0, 0.1) is 11.8 Å². The monoisotopic (exact) mass is 254 g/mol. The maximum atomic E-state index is 12.2. The molecule has 0 aromatic heterocycles. The van der Waals surface area contributed by atoms with Gasteiger partial charge in [-0.1, -0.05) is 13.8 Å². The summed E-state index contributed by atoms with van der Waals surface area (Å²) in [7, 11) is 1.93. The summed E-state index contributed by atoms with van der Waals surface area (Å²) in [6.07, 6.45) is 3.34. The van der Waals surface area contributed by atoms with Gasteiger partial charge < -0.3 is 9.80 Å². The van der Waals surface area contributed by atoms with Crippen molar-refractivity contribution < 1.29 is 4.79 Å². The Balaban J connectivity index is 2.32. The van der Waals surface area contributed by atoms with E-state index in [2.05, 4.69) is 32.6 Å². The second-order valence-electron chi connectivity index (χ2n) is 6.34. The van der Waals surface area contributed by atoms with Crippen LogP contribution in [-0.2, 0) is 4.79 Å². The van der Waals surface area contributed by atoms with E-state index in [1.807, 2.05) is 11.9 Å². The molecule has 0 radical (unpaired) electrons. The van der Waals surface area contributed by atoms with E-state index >= 15 is 0 Å². The van der Waals surface area contributed by atoms with Gasteiger partial charge in [-0.15, -0.1) is 0 Å². The first kappa shape index (κ1) is 15.5. The lowest BCUT2D eigenvalue weighted by Gasteiger charge is -2.34. The summed E-state index contributed by atoms with van der Waals surface area (Å²) >= 11 is 0. The summed E-state index contributed by atoms with van der Waals surface area (Å²) in [5, 5.41) is 0. The van der Waals surface area contributed by atoms with E-state index < -0.39 is 0 Å². The van der Waals surface area contributed by atoms with E-state index in [0.29, 0.717) is 11.9 Å². The van der Waals surface area contributed by atoms with Gasteiger partial charge in [-0.3, -0.25) is 4.79 Å². The fraction of sp³-hybridized carbons (Fsp3) is 0.933. The number of hydrogen-bond acceptors (Lipinski definition) is 2. The molecule has 106 valence electrons. The number of amides is 1. The van der Waals surface area contributed by atoms with Gasteiger partial charge in [0.05, 0.1) is 0 Å². The number of carbonyl (C=O) groups is 1. The molecule has 18 heavy (non-hydrogen) atoms. The molecule has 3 nitrogen and oxygen atoms in total. The summed E-state index contributed by atoms with van der Waals surface area (Å²) in [5.41, 5.74) is 0. The van der Waals surface area contributed by atoms with E-state index in [0.717, 1.165) is 31.8 Å². The molecule has 0 unspecified atom stereocenters. The summed E-state index contributed by atoms with van der Waals surface area (Å²) in [4.78, 5) is 16.6. The molecule has 0 aromatic carbocycles. The fourth-order valence-electron chi connectivity index (χ4n) is 2.39. The van der Waals surface area contributed by atoms with Gasteiger partial charge in [0.2, 0.25) is 5.91 Å². The summed E-state index contributed by atoms with van der Waals surface area (Å²) in [5.74, 6) is 1.37. The molecule has 0 spiro atoms. The third-order valence-corrected chi connectivity index (χ3v) is 4.08. The Kier molecular flexibility index (Phi) is 6.13. The Morgan fingerprint density at radius 3 is 2.22 bits per heavy atom. The van der Waals surface area contributed by atoms with Crippen LogP contribution in [0.1, 0.15) is 47.0 Å². The molecule has 0 N–H and O–H groups in total. The Morgan fingerprint density at radius 1 is 1.22 bits per heavy atom. The number of nitrogens with zero attached hydrogens (tertiary/aromatic N) is 2. The second kappa shape index (κ2) is 7.13. The molecule has 3 heteroatoms. The molecule has 1 aliphatic heterocycles. The van der Waals surface area contributed by atoms with E-state index in [-0.39, 0.29) is 5.92 Å². The molecule has 1 amide bonds. The topological polar surface area (TPSA) is 23.6 Å². The molecule has 1 aliphatic rings. The Morgan fingerprint density at radius 2 is 1.78 bits per heavy atom. The van der Waals surface area contributed by atoms with Crippen LogP contribution in [0.3, 0.4) is 0 Å². The van der Waals surface area contributed by atoms with Gasteiger partial charge >= 0.3 is 0 Å². The largest absolute Gasteiger partial charge is 0.343 e. The van der Waals surface area contributed by atoms with Crippen LogP contribution in [0.2, 0.25) is 0 Å². The van der Waals surface area contributed by atoms with Crippen molar-refractivity contribution in [1.29, 1.82) is 0 Å². The van der Waals surface area contributed by atoms with Crippen LogP contribution in [0.15, 0.2) is 0 Å². The molecule has 0 saturated carbocycles. The van der Waals surface area contributed by atoms with Gasteiger partial charge in [0.1, 0.15) is 0 Å². The molecule has 1 heterocycles. The highest BCUT2D eigenvalue weighted by molar-refractivity contribution is 5.78. The van der Waals surface area contributed by atoms with Crippen molar-refractivity contribution in [3.8, 4) is 0 Å². The van der Waals surface area contributed by atoms with Crippen LogP contribution in [-0.4, -0.2) is 48.4 Å². The van der Waals surface area contributed by atoms with Gasteiger partial charge in [0, 0.05) is 19.0 Å². The van der Waals surface area contributed by atoms with Crippen molar-refractivity contribution in [3.05, 3.63) is 0 Å². The summed E-state index contributed by atoms with van der Waals surface area (Å²) < 4.78 is 0. The van der Waals surface area contributed by atoms with Gasteiger partial charge in [-0.05, 0) is 58.7 Å². The molecule has 0 aromatic rings. The van der Waals surface area contributed by atoms with Gasteiger partial charge in [-0.25, -0.2) is 0 Å². The van der Waals surface area contributed by atoms with Gasteiger partial charge in [0.25, 0.3) is 0 Å². The fourth-order valence-corrected chi connectivity index (χ4v) is 2.39. The first-order chi connectivity index (χ1) is 8.41. The molecule has 0 atom stereocenters. The minimum Gasteiger partial charge on any atom is -0.343 e. The van der Waals surface area contributed by atoms with Crippen LogP contribution in [0.5, 0.6) is 0 Å². The second-order valence-corrected chi connectivity index (χ2v) is 6.34. The van der Waals surface area contributed by atoms with Crippen LogP contribution >= 0.6 is 0 Å². The van der Waals surface area contributed by atoms with Crippen LogP contribution < -0.4 is 0 Å². The van der Waals surface area contributed by atoms with Crippen molar-refractivity contribution in [2.45, 2.75) is 53.0 Å². The average molecular weight is 254 g/mol. The first-order valence-electron chi connectivity index (χ1n) is 7.40. The Labute approximate surface area is 113 Å². The van der Waals surface area contributed by atoms with E-state index in [9.17, 15) is 4.79 Å². The normalized spacial score (nSPS) is 18.6. The minimum atomic E-state index is 0.257. The molecule has 0 bridgehead atoms. The summed E-state index contributed by atoms with van der Waals surface area (Å²) in [6, 6.07) is 0.316. The first-order valence-corrected chi connectivity index (χ1v) is 7.40. The van der Waals surface area contributed by atoms with E-state index in [4.69, 9.17) is 0 Å². The Bertz CT molecular complexity index is 255. The van der Waals surface area contributed by atoms with Gasteiger partial charge in [0.15, 0.2) is 0 Å². The molecule has 1 rings (SSSR count). The zero-order valence-corrected chi connectivity index (χ0v) is 12.8. The SMILES string of the molecule is CC(C)CCN1CCC(C(=O)N(C)C(C)C)CC1. The van der Waals surface area contributed by atoms with Gasteiger partial charge in [-0.2, -0.15) is 0 Å². The molecule has 1 saturated heterocycles. The zero-order chi connectivity index (χ0) is 13.7. The lowest BCUT2D eigenvalue weighted by atomic mass is 9.94. The van der Waals surface area contributed by atoms with Crippen molar-refractivity contribution in [2.75, 3.05) is 26.7 Å². The third-order valence-electron chi connectivity index (χ3n) is 4.08. The highest BCUT2D eigenvalue weighted by atomic mass is 16.2.